The number of carbonyl (C=O) groups excluding carboxylic acids is 3. The number of halogens is 1. The first-order valence-electron chi connectivity index (χ1n) is 7.34. The number of aliphatic carboxylic acids is 1. The van der Waals surface area contributed by atoms with Crippen LogP contribution in [0.15, 0.2) is 24.3 Å². The number of amides is 1. The van der Waals surface area contributed by atoms with Crippen molar-refractivity contribution in [2.45, 2.75) is 36.1 Å². The number of aliphatic hydroxyl groups excluding tert-OH is 1. The van der Waals surface area contributed by atoms with Crippen LogP contribution in [0, 0.1) is 11.7 Å². The fourth-order valence-corrected chi connectivity index (χ4v) is 4.97. The third kappa shape index (κ3) is 3.26. The van der Waals surface area contributed by atoms with Crippen LogP contribution < -0.4 is 34.7 Å². The molecule has 0 spiro atoms. The third-order valence-electron chi connectivity index (χ3n) is 4.44. The number of rotatable bonds is 4. The summed E-state index contributed by atoms with van der Waals surface area (Å²) in [5.74, 6) is -4.17. The smallest absolute Gasteiger partial charge is 0.548 e. The molecule has 1 N–H and O–H groups in total. The van der Waals surface area contributed by atoms with E-state index in [4.69, 9.17) is 0 Å². The van der Waals surface area contributed by atoms with E-state index in [0.29, 0.717) is 0 Å². The van der Waals surface area contributed by atoms with E-state index in [9.17, 15) is 29.0 Å². The molecule has 128 valence electrons. The molecule has 0 radical (unpaired) electrons. The number of hydrogen-bond donors (Lipinski definition) is 1. The van der Waals surface area contributed by atoms with Gasteiger partial charge >= 0.3 is 29.6 Å². The number of ketones is 1. The quantitative estimate of drug-likeness (QED) is 0.338. The fourth-order valence-electron chi connectivity index (χ4n) is 3.26. The number of thioether (sulfide) groups is 1. The molecule has 2 aliphatic heterocycles. The number of nitrogens with zero attached hydrogens (tertiary/aromatic N) is 1. The van der Waals surface area contributed by atoms with Gasteiger partial charge in [0.05, 0.1) is 17.4 Å². The Morgan fingerprint density at radius 1 is 1.32 bits per heavy atom. The van der Waals surface area contributed by atoms with Gasteiger partial charge in [-0.3, -0.25) is 9.59 Å². The molecule has 25 heavy (non-hydrogen) atoms. The molecular formula is C16H15FNNaO5S. The molecule has 9 heteroatoms. The number of Topliss-reactive ketones (excluding diaryl/α,β-unsaturated/α-hetero) is 1. The summed E-state index contributed by atoms with van der Waals surface area (Å²) in [4.78, 5) is 37.1. The summed E-state index contributed by atoms with van der Waals surface area (Å²) < 4.78 is 12.1. The average molecular weight is 375 g/mol. The molecule has 4 atom stereocenters. The maximum absolute atomic E-state index is 12.9. The summed E-state index contributed by atoms with van der Waals surface area (Å²) in [6.45, 7) is 3.35. The molecule has 0 saturated carbocycles. The fraction of sp³-hybridized carbons (Fsp3) is 0.438. The van der Waals surface area contributed by atoms with Crippen molar-refractivity contribution in [2.75, 3.05) is 0 Å². The first-order valence-corrected chi connectivity index (χ1v) is 8.22. The summed E-state index contributed by atoms with van der Waals surface area (Å²) >= 11 is 1.22. The van der Waals surface area contributed by atoms with Crippen LogP contribution in [0.2, 0.25) is 0 Å². The molecule has 0 bridgehead atoms. The van der Waals surface area contributed by atoms with E-state index in [1.54, 1.807) is 13.8 Å². The predicted octanol–water partition coefficient (Wildman–Crippen LogP) is -3.20. The molecule has 1 aromatic carbocycles. The Morgan fingerprint density at radius 3 is 2.40 bits per heavy atom. The standard InChI is InChI=1S/C16H16FNO5S.Na/c1-16(2)12(15(22)23)18-13(21)9(14(18)24-16)11(20)10(19)7-3-5-8(17)6-4-7;/h3-6,9,11-12,14,20H,1-2H3,(H,22,23);/q;+1/p-1/t9-,11+,12+,14-;/m1./s1. The maximum Gasteiger partial charge on any atom is 1.00 e. The molecule has 0 unspecified atom stereocenters. The van der Waals surface area contributed by atoms with Crippen molar-refractivity contribution in [3.63, 3.8) is 0 Å². The van der Waals surface area contributed by atoms with Gasteiger partial charge < -0.3 is 19.9 Å². The van der Waals surface area contributed by atoms with Gasteiger partial charge in [0.1, 0.15) is 17.8 Å². The van der Waals surface area contributed by atoms with Gasteiger partial charge in [-0.05, 0) is 38.1 Å². The van der Waals surface area contributed by atoms with Gasteiger partial charge in [0.15, 0.2) is 5.78 Å². The van der Waals surface area contributed by atoms with E-state index in [1.165, 1.54) is 23.9 Å². The summed E-state index contributed by atoms with van der Waals surface area (Å²) in [5.41, 5.74) is 0.0915. The molecule has 2 fully saturated rings. The number of aliphatic hydroxyl groups is 1. The number of hydrogen-bond acceptors (Lipinski definition) is 6. The molecule has 6 nitrogen and oxygen atoms in total. The topological polar surface area (TPSA) is 97.7 Å². The monoisotopic (exact) mass is 375 g/mol. The zero-order valence-electron chi connectivity index (χ0n) is 13.9. The van der Waals surface area contributed by atoms with Crippen LogP contribution in [0.5, 0.6) is 0 Å². The van der Waals surface area contributed by atoms with Crippen molar-refractivity contribution in [2.24, 2.45) is 5.92 Å². The van der Waals surface area contributed by atoms with Gasteiger partial charge in [-0.1, -0.05) is 0 Å². The Hall–Kier alpha value is -0.930. The van der Waals surface area contributed by atoms with E-state index in [2.05, 4.69) is 0 Å². The van der Waals surface area contributed by atoms with Crippen molar-refractivity contribution in [3.05, 3.63) is 35.6 Å². The van der Waals surface area contributed by atoms with Crippen LogP contribution in [-0.2, 0) is 9.59 Å². The molecule has 0 aliphatic carbocycles. The molecule has 2 aliphatic rings. The summed E-state index contributed by atoms with van der Waals surface area (Å²) in [5, 5.41) is 21.0. The predicted molar refractivity (Wildman–Crippen MR) is 81.3 cm³/mol. The molecule has 1 aromatic rings. The minimum atomic E-state index is -1.60. The van der Waals surface area contributed by atoms with E-state index in [0.717, 1.165) is 17.0 Å². The van der Waals surface area contributed by atoms with Crippen LogP contribution in [0.25, 0.3) is 0 Å². The second kappa shape index (κ2) is 7.00. The summed E-state index contributed by atoms with van der Waals surface area (Å²) in [7, 11) is 0. The van der Waals surface area contributed by atoms with Gasteiger partial charge in [0.25, 0.3) is 0 Å². The van der Waals surface area contributed by atoms with Gasteiger partial charge in [0.2, 0.25) is 5.91 Å². The number of benzene rings is 1. The minimum Gasteiger partial charge on any atom is -0.548 e. The normalized spacial score (nSPS) is 27.8. The average Bonchev–Trinajstić information content (AvgIpc) is 2.75. The number of carbonyl (C=O) groups is 3. The van der Waals surface area contributed by atoms with Crippen LogP contribution in [-0.4, -0.2) is 49.9 Å². The van der Waals surface area contributed by atoms with E-state index < -0.39 is 51.7 Å². The van der Waals surface area contributed by atoms with Crippen molar-refractivity contribution in [3.8, 4) is 0 Å². The van der Waals surface area contributed by atoms with Crippen LogP contribution in [0.3, 0.4) is 0 Å². The van der Waals surface area contributed by atoms with Crippen molar-refractivity contribution in [1.29, 1.82) is 0 Å². The number of β-lactam (4-membered cyclic amide) rings is 1. The zero-order valence-corrected chi connectivity index (χ0v) is 16.7. The third-order valence-corrected chi connectivity index (χ3v) is 6.04. The van der Waals surface area contributed by atoms with E-state index in [-0.39, 0.29) is 35.1 Å². The van der Waals surface area contributed by atoms with E-state index >= 15 is 0 Å². The van der Waals surface area contributed by atoms with Crippen LogP contribution in [0.4, 0.5) is 4.39 Å². The van der Waals surface area contributed by atoms with E-state index in [1.807, 2.05) is 0 Å². The Morgan fingerprint density at radius 2 is 1.88 bits per heavy atom. The minimum absolute atomic E-state index is 0. The second-order valence-electron chi connectivity index (χ2n) is 6.42. The van der Waals surface area contributed by atoms with Crippen molar-refractivity contribution >= 4 is 29.4 Å². The van der Waals surface area contributed by atoms with Gasteiger partial charge in [-0.15, -0.1) is 11.8 Å². The summed E-state index contributed by atoms with van der Waals surface area (Å²) in [6.07, 6.45) is -1.60. The molecule has 0 aromatic heterocycles. The van der Waals surface area contributed by atoms with Crippen molar-refractivity contribution in [1.82, 2.24) is 4.90 Å². The first-order chi connectivity index (χ1) is 11.1. The molecule has 3 rings (SSSR count). The second-order valence-corrected chi connectivity index (χ2v) is 8.19. The molecule has 2 heterocycles. The van der Waals surface area contributed by atoms with Gasteiger partial charge in [-0.2, -0.15) is 0 Å². The first kappa shape index (κ1) is 20.4. The number of carboxylic acid groups (broad SMARTS) is 1. The van der Waals surface area contributed by atoms with Gasteiger partial charge in [-0.25, -0.2) is 4.39 Å². The van der Waals surface area contributed by atoms with Crippen molar-refractivity contribution < 1.29 is 58.5 Å². The Labute approximate surface area is 170 Å². The van der Waals surface area contributed by atoms with Crippen LogP contribution >= 0.6 is 11.8 Å². The largest absolute Gasteiger partial charge is 1.00 e. The molecular weight excluding hydrogens is 360 g/mol. The SMILES string of the molecule is CC1(C)S[C@@H]2[C@H]([C@H](O)C(=O)c3ccc(F)cc3)C(=O)N2[C@H]1C(=O)[O-].[Na+]. The van der Waals surface area contributed by atoms with Gasteiger partial charge in [0, 0.05) is 10.3 Å². The summed E-state index contributed by atoms with van der Waals surface area (Å²) in [6, 6.07) is 3.54. The Kier molecular flexibility index (Phi) is 5.71. The molecule has 2 saturated heterocycles. The Balaban J connectivity index is 0.00000225. The van der Waals surface area contributed by atoms with Crippen LogP contribution in [0.1, 0.15) is 24.2 Å². The number of fused-ring (bicyclic) bond motifs is 1. The zero-order chi connectivity index (χ0) is 17.8. The maximum atomic E-state index is 12.9. The molecule has 1 amide bonds. The Bertz CT molecular complexity index is 726. The number of carboxylic acids is 1.